The fraction of sp³-hybridized carbons (Fsp3) is 0.857. The maximum atomic E-state index is 10.2. The van der Waals surface area contributed by atoms with E-state index in [-0.39, 0.29) is 33.9 Å². The third-order valence-electron chi connectivity index (χ3n) is 2.81. The van der Waals surface area contributed by atoms with E-state index in [0.29, 0.717) is 6.42 Å². The molecule has 0 aromatic heterocycles. The van der Waals surface area contributed by atoms with Gasteiger partial charge >= 0.3 is 21.1 Å². The number of thioether (sulfide) groups is 2. The Kier molecular flexibility index (Phi) is 20.9. The fourth-order valence-corrected chi connectivity index (χ4v) is 2.25. The van der Waals surface area contributed by atoms with Gasteiger partial charge in [-0.3, -0.25) is 0 Å². The third-order valence-corrected chi connectivity index (χ3v) is 4.44. The Balaban J connectivity index is -0.000000254. The van der Waals surface area contributed by atoms with Crippen LogP contribution in [0.5, 0.6) is 0 Å². The Morgan fingerprint density at radius 1 is 0.857 bits per heavy atom. The summed E-state index contributed by atoms with van der Waals surface area (Å²) in [5.41, 5.74) is -1.67. The number of hydrogen-bond acceptors (Lipinski definition) is 6. The number of rotatable bonds is 6. The first kappa shape index (κ1) is 26.2. The Morgan fingerprint density at radius 3 is 1.14 bits per heavy atom. The average molecular weight is 518 g/mol. The maximum absolute atomic E-state index is 10.2. The van der Waals surface area contributed by atoms with Crippen molar-refractivity contribution < 1.29 is 40.9 Å². The second-order valence-electron chi connectivity index (χ2n) is 4.07. The normalized spacial score (nSPS) is 14.1. The van der Waals surface area contributed by atoms with Crippen LogP contribution >= 0.6 is 23.5 Å². The first-order chi connectivity index (χ1) is 9.42. The van der Waals surface area contributed by atoms with Gasteiger partial charge in [-0.2, -0.15) is 23.5 Å². The van der Waals surface area contributed by atoms with Crippen LogP contribution in [0.3, 0.4) is 0 Å². The molecule has 0 radical (unpaired) electrons. The topological polar surface area (TPSA) is 80.3 Å². The van der Waals surface area contributed by atoms with Gasteiger partial charge in [-0.05, 0) is 35.9 Å². The van der Waals surface area contributed by atoms with Gasteiger partial charge in [-0.1, -0.05) is 34.1 Å². The van der Waals surface area contributed by atoms with Crippen LogP contribution in [-0.2, 0) is 30.7 Å². The summed E-state index contributed by atoms with van der Waals surface area (Å²) in [5.74, 6) is 2.01. The molecule has 0 aromatic carbocycles. The fourth-order valence-electron chi connectivity index (χ4n) is 1.43. The summed E-state index contributed by atoms with van der Waals surface area (Å²) in [7, 11) is 0. The molecule has 0 saturated heterocycles. The molecule has 0 aromatic rings. The summed E-state index contributed by atoms with van der Waals surface area (Å²) in [6.07, 6.45) is 0.928. The molecule has 0 atom stereocenters. The number of carbonyl (C=O) groups is 2. The molecule has 1 fully saturated rings. The summed E-state index contributed by atoms with van der Waals surface area (Å²) in [4.78, 5) is 20.4. The Morgan fingerprint density at radius 2 is 1.14 bits per heavy atom. The minimum Gasteiger partial charge on any atom is -0.549 e. The van der Waals surface area contributed by atoms with Gasteiger partial charge in [0.05, 0.1) is 11.9 Å². The predicted molar refractivity (Wildman–Crippen MR) is 83.6 cm³/mol. The Labute approximate surface area is 151 Å². The molecule has 0 N–H and O–H groups in total. The van der Waals surface area contributed by atoms with Crippen LogP contribution in [0.15, 0.2) is 0 Å². The van der Waals surface area contributed by atoms with Gasteiger partial charge in [-0.25, -0.2) is 0 Å². The molecule has 0 heterocycles. The molecule has 7 heteroatoms. The smallest absolute Gasteiger partial charge is 0.549 e. The average Bonchev–Trinajstić information content (AvgIpc) is 2.30. The SMILES string of the molecule is CCSCC.CCSCC.O=C([O-])C1(C(=O)[O-])CCC1.[Pt+2]. The van der Waals surface area contributed by atoms with Crippen LogP contribution in [-0.4, -0.2) is 35.0 Å². The van der Waals surface area contributed by atoms with Gasteiger partial charge in [0.25, 0.3) is 0 Å². The van der Waals surface area contributed by atoms with E-state index in [1.807, 2.05) is 23.5 Å². The second-order valence-corrected chi connectivity index (χ2v) is 7.20. The van der Waals surface area contributed by atoms with Crippen LogP contribution in [0.2, 0.25) is 0 Å². The van der Waals surface area contributed by atoms with E-state index in [1.165, 1.54) is 23.0 Å². The van der Waals surface area contributed by atoms with Crippen molar-refractivity contribution >= 4 is 35.5 Å². The van der Waals surface area contributed by atoms with Crippen molar-refractivity contribution in [2.75, 3.05) is 23.0 Å². The Hall–Kier alpha value is 0.328. The van der Waals surface area contributed by atoms with Crippen LogP contribution in [0, 0.1) is 5.41 Å². The molecule has 0 spiro atoms. The van der Waals surface area contributed by atoms with E-state index >= 15 is 0 Å². The number of carboxylic acids is 2. The van der Waals surface area contributed by atoms with Crippen LogP contribution < -0.4 is 10.2 Å². The predicted octanol–water partition coefficient (Wildman–Crippen LogP) is 1.17. The van der Waals surface area contributed by atoms with Crippen LogP contribution in [0.1, 0.15) is 47.0 Å². The molecule has 4 nitrogen and oxygen atoms in total. The quantitative estimate of drug-likeness (QED) is 0.493. The molecular formula is C14H26O4PtS2. The molecule has 1 aliphatic carbocycles. The van der Waals surface area contributed by atoms with Crippen molar-refractivity contribution in [3.8, 4) is 0 Å². The zero-order valence-electron chi connectivity index (χ0n) is 13.2. The number of carbonyl (C=O) groups excluding carboxylic acids is 2. The summed E-state index contributed by atoms with van der Waals surface area (Å²) >= 11 is 3.93. The number of hydrogen-bond donors (Lipinski definition) is 0. The van der Waals surface area contributed by atoms with Gasteiger partial charge in [-0.15, -0.1) is 0 Å². The molecule has 1 aliphatic rings. The summed E-state index contributed by atoms with van der Waals surface area (Å²) in [6, 6.07) is 0. The summed E-state index contributed by atoms with van der Waals surface area (Å²) in [5, 5.41) is 20.4. The Bertz CT molecular complexity index is 246. The first-order valence-electron chi connectivity index (χ1n) is 7.01. The molecule has 21 heavy (non-hydrogen) atoms. The van der Waals surface area contributed by atoms with Gasteiger partial charge in [0, 0.05) is 5.41 Å². The van der Waals surface area contributed by atoms with Crippen LogP contribution in [0.25, 0.3) is 0 Å². The van der Waals surface area contributed by atoms with Crippen LogP contribution in [0.4, 0.5) is 0 Å². The maximum Gasteiger partial charge on any atom is 2.00 e. The van der Waals surface area contributed by atoms with E-state index < -0.39 is 17.4 Å². The third kappa shape index (κ3) is 11.5. The van der Waals surface area contributed by atoms with Crippen molar-refractivity contribution in [3.63, 3.8) is 0 Å². The molecule has 0 aliphatic heterocycles. The van der Waals surface area contributed by atoms with Gasteiger partial charge < -0.3 is 19.8 Å². The monoisotopic (exact) mass is 517 g/mol. The van der Waals surface area contributed by atoms with Gasteiger partial charge in [0.1, 0.15) is 0 Å². The number of carboxylic acid groups (broad SMARTS) is 2. The van der Waals surface area contributed by atoms with E-state index in [4.69, 9.17) is 0 Å². The zero-order chi connectivity index (χ0) is 16.0. The summed E-state index contributed by atoms with van der Waals surface area (Å²) < 4.78 is 0. The van der Waals surface area contributed by atoms with E-state index in [1.54, 1.807) is 0 Å². The molecule has 0 amide bonds. The molecule has 128 valence electrons. The standard InChI is InChI=1S/C6H8O4.2C4H10S.Pt/c7-4(8)6(5(9)10)2-1-3-6;2*1-3-5-4-2;/h1-3H2,(H,7,8)(H,9,10);2*3-4H2,1-2H3;/q;;;+2/p-2. The molecule has 1 rings (SSSR count). The molecule has 0 unspecified atom stereocenters. The van der Waals surface area contributed by atoms with Crippen molar-refractivity contribution in [2.45, 2.75) is 47.0 Å². The second kappa shape index (κ2) is 16.7. The number of aliphatic carboxylic acids is 2. The van der Waals surface area contributed by atoms with Crippen molar-refractivity contribution in [3.05, 3.63) is 0 Å². The summed E-state index contributed by atoms with van der Waals surface area (Å²) in [6.45, 7) is 8.70. The minimum absolute atomic E-state index is 0. The molecule has 0 bridgehead atoms. The van der Waals surface area contributed by atoms with E-state index in [0.717, 1.165) is 0 Å². The van der Waals surface area contributed by atoms with Gasteiger partial charge in [0.2, 0.25) is 0 Å². The van der Waals surface area contributed by atoms with Crippen molar-refractivity contribution in [1.82, 2.24) is 0 Å². The van der Waals surface area contributed by atoms with Gasteiger partial charge in [0.15, 0.2) is 0 Å². The van der Waals surface area contributed by atoms with Crippen molar-refractivity contribution in [1.29, 1.82) is 0 Å². The first-order valence-corrected chi connectivity index (χ1v) is 9.32. The largest absolute Gasteiger partial charge is 2.00 e. The van der Waals surface area contributed by atoms with E-state index in [2.05, 4.69) is 27.7 Å². The minimum atomic E-state index is -1.67. The van der Waals surface area contributed by atoms with E-state index in [9.17, 15) is 19.8 Å². The molecule has 1 saturated carbocycles. The van der Waals surface area contributed by atoms with Crippen molar-refractivity contribution in [2.24, 2.45) is 5.41 Å². The molecular weight excluding hydrogens is 491 g/mol. The zero-order valence-corrected chi connectivity index (χ0v) is 17.1.